The quantitative estimate of drug-likeness (QED) is 0.259. The van der Waals surface area contributed by atoms with E-state index in [1.165, 1.54) is 0 Å². The third kappa shape index (κ3) is 4.41. The number of aryl methyl sites for hydroxylation is 1. The van der Waals surface area contributed by atoms with Gasteiger partial charge in [0.1, 0.15) is 11.5 Å². The first-order valence-electron chi connectivity index (χ1n) is 11.5. The molecular weight excluding hydrogens is 434 g/mol. The minimum absolute atomic E-state index is 0.480. The van der Waals surface area contributed by atoms with Gasteiger partial charge in [-0.05, 0) is 23.3 Å². The van der Waals surface area contributed by atoms with Crippen LogP contribution >= 0.6 is 0 Å². The number of ether oxygens (including phenoxy) is 2. The Morgan fingerprint density at radius 3 is 2.11 bits per heavy atom. The molecule has 174 valence electrons. The molecule has 0 saturated carbocycles. The van der Waals surface area contributed by atoms with Crippen LogP contribution in [-0.2, 0) is 13.6 Å². The van der Waals surface area contributed by atoms with Gasteiger partial charge in [-0.25, -0.2) is 4.98 Å². The first-order valence-corrected chi connectivity index (χ1v) is 11.5. The molecular formula is C30H27N3O2. The number of aliphatic imine (C=N–C) groups is 1. The van der Waals surface area contributed by atoms with E-state index in [2.05, 4.69) is 65.2 Å². The molecule has 0 aliphatic heterocycles. The van der Waals surface area contributed by atoms with Gasteiger partial charge >= 0.3 is 0 Å². The van der Waals surface area contributed by atoms with Crippen LogP contribution in [0.5, 0.6) is 11.5 Å². The van der Waals surface area contributed by atoms with E-state index in [4.69, 9.17) is 19.5 Å². The molecule has 0 spiro atoms. The molecule has 35 heavy (non-hydrogen) atoms. The number of methoxy groups -OCH3 is 2. The number of rotatable bonds is 7. The minimum Gasteiger partial charge on any atom is -0.497 e. The summed E-state index contributed by atoms with van der Waals surface area (Å²) < 4.78 is 12.9. The van der Waals surface area contributed by atoms with Gasteiger partial charge in [0.05, 0.1) is 38.0 Å². The van der Waals surface area contributed by atoms with E-state index in [1.54, 1.807) is 14.2 Å². The summed E-state index contributed by atoms with van der Waals surface area (Å²) in [7, 11) is 5.35. The van der Waals surface area contributed by atoms with Crippen molar-refractivity contribution in [2.45, 2.75) is 6.54 Å². The second kappa shape index (κ2) is 9.85. The molecule has 1 aromatic heterocycles. The van der Waals surface area contributed by atoms with Gasteiger partial charge in [0.2, 0.25) is 0 Å². The van der Waals surface area contributed by atoms with Crippen molar-refractivity contribution in [3.63, 3.8) is 0 Å². The molecule has 5 rings (SSSR count). The monoisotopic (exact) mass is 461 g/mol. The zero-order valence-corrected chi connectivity index (χ0v) is 20.1. The number of fused-ring (bicyclic) bond motifs is 1. The highest BCUT2D eigenvalue weighted by molar-refractivity contribution is 6.03. The van der Waals surface area contributed by atoms with Crippen molar-refractivity contribution in [3.8, 4) is 33.8 Å². The molecule has 0 amide bonds. The molecule has 0 radical (unpaired) electrons. The number of aromatic nitrogens is 2. The Labute approximate surface area is 205 Å². The SMILES string of the molecule is COc1ccc(CN=Cc2nc3c(-c4ccccc4)ccc(-c4ccccc4)c3n2C)c(OC)c1. The van der Waals surface area contributed by atoms with Gasteiger partial charge in [0.15, 0.2) is 5.82 Å². The largest absolute Gasteiger partial charge is 0.497 e. The normalized spacial score (nSPS) is 11.3. The third-order valence-corrected chi connectivity index (χ3v) is 6.19. The standard InChI is InChI=1S/C30H27N3O2/c1-33-28(20-31-19-23-14-15-24(34-2)18-27(23)35-3)32-29-25(21-10-6-4-7-11-21)16-17-26(30(29)33)22-12-8-5-9-13-22/h4-18,20H,19H2,1-3H3. The minimum atomic E-state index is 0.480. The number of imidazole rings is 1. The van der Waals surface area contributed by atoms with E-state index in [0.717, 1.165) is 56.2 Å². The van der Waals surface area contributed by atoms with E-state index in [-0.39, 0.29) is 0 Å². The van der Waals surface area contributed by atoms with Crippen LogP contribution in [0.25, 0.3) is 33.3 Å². The summed E-state index contributed by atoms with van der Waals surface area (Å²) in [4.78, 5) is 9.75. The summed E-state index contributed by atoms with van der Waals surface area (Å²) in [5.74, 6) is 2.31. The number of hydrogen-bond acceptors (Lipinski definition) is 4. The van der Waals surface area contributed by atoms with Crippen LogP contribution in [0, 0.1) is 0 Å². The molecule has 0 fully saturated rings. The summed E-state index contributed by atoms with van der Waals surface area (Å²) in [6, 6.07) is 30.9. The lowest BCUT2D eigenvalue weighted by Crippen LogP contribution is -1.98. The number of benzene rings is 4. The summed E-state index contributed by atoms with van der Waals surface area (Å²) in [6.45, 7) is 0.480. The van der Waals surface area contributed by atoms with Crippen LogP contribution in [-0.4, -0.2) is 30.0 Å². The molecule has 5 heteroatoms. The maximum absolute atomic E-state index is 5.52. The van der Waals surface area contributed by atoms with Gasteiger partial charge in [0, 0.05) is 29.8 Å². The number of hydrogen-bond donors (Lipinski definition) is 0. The van der Waals surface area contributed by atoms with E-state index >= 15 is 0 Å². The Morgan fingerprint density at radius 1 is 0.800 bits per heavy atom. The zero-order valence-electron chi connectivity index (χ0n) is 20.1. The van der Waals surface area contributed by atoms with Gasteiger partial charge in [-0.3, -0.25) is 4.99 Å². The first-order chi connectivity index (χ1) is 17.2. The van der Waals surface area contributed by atoms with E-state index in [0.29, 0.717) is 6.54 Å². The summed E-state index contributed by atoms with van der Waals surface area (Å²) in [5.41, 5.74) is 7.58. The van der Waals surface area contributed by atoms with Crippen molar-refractivity contribution >= 4 is 17.2 Å². The molecule has 0 aliphatic carbocycles. The molecule has 0 aliphatic rings. The Bertz CT molecular complexity index is 1490. The molecule has 0 N–H and O–H groups in total. The lowest BCUT2D eigenvalue weighted by Gasteiger charge is -2.10. The smallest absolute Gasteiger partial charge is 0.151 e. The van der Waals surface area contributed by atoms with Gasteiger partial charge in [-0.15, -0.1) is 0 Å². The molecule has 0 atom stereocenters. The van der Waals surface area contributed by atoms with Crippen molar-refractivity contribution in [2.24, 2.45) is 12.0 Å². The molecule has 5 nitrogen and oxygen atoms in total. The summed E-state index contributed by atoms with van der Waals surface area (Å²) >= 11 is 0. The highest BCUT2D eigenvalue weighted by Crippen LogP contribution is 2.35. The first kappa shape index (κ1) is 22.4. The Balaban J connectivity index is 1.58. The zero-order chi connectivity index (χ0) is 24.2. The molecule has 0 saturated heterocycles. The van der Waals surface area contributed by atoms with Crippen molar-refractivity contribution < 1.29 is 9.47 Å². The van der Waals surface area contributed by atoms with Crippen molar-refractivity contribution in [1.29, 1.82) is 0 Å². The topological polar surface area (TPSA) is 48.6 Å². The fourth-order valence-corrected chi connectivity index (χ4v) is 4.36. The lowest BCUT2D eigenvalue weighted by atomic mass is 9.98. The summed E-state index contributed by atoms with van der Waals surface area (Å²) in [5, 5.41) is 0. The van der Waals surface area contributed by atoms with Gasteiger partial charge < -0.3 is 14.0 Å². The highest BCUT2D eigenvalue weighted by Gasteiger charge is 2.16. The van der Waals surface area contributed by atoms with Crippen LogP contribution in [0.1, 0.15) is 11.4 Å². The third-order valence-electron chi connectivity index (χ3n) is 6.19. The fourth-order valence-electron chi connectivity index (χ4n) is 4.36. The second-order valence-corrected chi connectivity index (χ2v) is 8.27. The van der Waals surface area contributed by atoms with Crippen LogP contribution in [0.3, 0.4) is 0 Å². The second-order valence-electron chi connectivity index (χ2n) is 8.27. The predicted octanol–water partition coefficient (Wildman–Crippen LogP) is 6.54. The maximum Gasteiger partial charge on any atom is 0.151 e. The Hall–Kier alpha value is -4.38. The van der Waals surface area contributed by atoms with Crippen molar-refractivity contribution in [2.75, 3.05) is 14.2 Å². The molecule has 0 bridgehead atoms. The van der Waals surface area contributed by atoms with Crippen LogP contribution in [0.2, 0.25) is 0 Å². The van der Waals surface area contributed by atoms with Gasteiger partial charge in [-0.1, -0.05) is 72.8 Å². The Morgan fingerprint density at radius 2 is 1.46 bits per heavy atom. The number of nitrogens with zero attached hydrogens (tertiary/aromatic N) is 3. The van der Waals surface area contributed by atoms with Gasteiger partial charge in [-0.2, -0.15) is 0 Å². The highest BCUT2D eigenvalue weighted by atomic mass is 16.5. The van der Waals surface area contributed by atoms with Crippen LogP contribution in [0.4, 0.5) is 0 Å². The summed E-state index contributed by atoms with van der Waals surface area (Å²) in [6.07, 6.45) is 1.84. The average Bonchev–Trinajstić information content (AvgIpc) is 3.25. The molecule has 4 aromatic carbocycles. The van der Waals surface area contributed by atoms with Gasteiger partial charge in [0.25, 0.3) is 0 Å². The molecule has 0 unspecified atom stereocenters. The maximum atomic E-state index is 5.52. The average molecular weight is 462 g/mol. The van der Waals surface area contributed by atoms with E-state index in [1.807, 2.05) is 43.6 Å². The lowest BCUT2D eigenvalue weighted by molar-refractivity contribution is 0.391. The molecule has 1 heterocycles. The molecule has 5 aromatic rings. The van der Waals surface area contributed by atoms with E-state index < -0.39 is 0 Å². The van der Waals surface area contributed by atoms with Crippen molar-refractivity contribution in [1.82, 2.24) is 9.55 Å². The van der Waals surface area contributed by atoms with Crippen LogP contribution < -0.4 is 9.47 Å². The Kier molecular flexibility index (Phi) is 6.31. The predicted molar refractivity (Wildman–Crippen MR) is 142 cm³/mol. The van der Waals surface area contributed by atoms with E-state index in [9.17, 15) is 0 Å². The fraction of sp³-hybridized carbons (Fsp3) is 0.133. The van der Waals surface area contributed by atoms with Crippen LogP contribution in [0.15, 0.2) is 96.0 Å². The van der Waals surface area contributed by atoms with Crippen molar-refractivity contribution in [3.05, 3.63) is 102 Å².